The van der Waals surface area contributed by atoms with Crippen molar-refractivity contribution in [3.05, 3.63) is 33.3 Å². The molecular formula is C20H20Cl2O6. The van der Waals surface area contributed by atoms with Crippen LogP contribution in [0.3, 0.4) is 0 Å². The molecule has 0 radical (unpaired) electrons. The van der Waals surface area contributed by atoms with Crippen molar-refractivity contribution in [1.29, 1.82) is 0 Å². The molecule has 0 bridgehead atoms. The van der Waals surface area contributed by atoms with Crippen molar-refractivity contribution in [3.63, 3.8) is 0 Å². The average Bonchev–Trinajstić information content (AvgIpc) is 2.96. The van der Waals surface area contributed by atoms with Gasteiger partial charge in [0, 0.05) is 17.4 Å². The predicted molar refractivity (Wildman–Crippen MR) is 104 cm³/mol. The van der Waals surface area contributed by atoms with Gasteiger partial charge in [0.05, 0.1) is 5.02 Å². The van der Waals surface area contributed by atoms with Gasteiger partial charge in [-0.05, 0) is 49.0 Å². The number of esters is 1. The van der Waals surface area contributed by atoms with Gasteiger partial charge in [-0.1, -0.05) is 37.0 Å². The maximum absolute atomic E-state index is 12.0. The van der Waals surface area contributed by atoms with Gasteiger partial charge in [-0.15, -0.1) is 0 Å². The Morgan fingerprint density at radius 1 is 1.29 bits per heavy atom. The average molecular weight is 427 g/mol. The minimum absolute atomic E-state index is 0.0712. The number of hydrogen-bond donors (Lipinski definition) is 1. The van der Waals surface area contributed by atoms with E-state index in [-0.39, 0.29) is 33.4 Å². The lowest BCUT2D eigenvalue weighted by Gasteiger charge is -2.32. The van der Waals surface area contributed by atoms with Gasteiger partial charge in [-0.3, -0.25) is 4.79 Å². The molecule has 1 aromatic carbocycles. The first-order valence-electron chi connectivity index (χ1n) is 9.10. The molecule has 150 valence electrons. The largest absolute Gasteiger partial charge is 0.513 e. The van der Waals surface area contributed by atoms with Crippen LogP contribution >= 0.6 is 23.2 Å². The highest BCUT2D eigenvalue weighted by molar-refractivity contribution is 6.44. The van der Waals surface area contributed by atoms with Crippen molar-refractivity contribution in [2.75, 3.05) is 0 Å². The van der Waals surface area contributed by atoms with Crippen molar-refractivity contribution in [1.82, 2.24) is 0 Å². The van der Waals surface area contributed by atoms with E-state index in [2.05, 4.69) is 11.7 Å². The Balaban J connectivity index is 2.00. The van der Waals surface area contributed by atoms with Crippen LogP contribution in [0.25, 0.3) is 5.57 Å². The third kappa shape index (κ3) is 3.51. The zero-order valence-electron chi connectivity index (χ0n) is 15.5. The number of benzene rings is 1. The van der Waals surface area contributed by atoms with E-state index in [0.29, 0.717) is 12.8 Å². The molecule has 0 aromatic heterocycles. The lowest BCUT2D eigenvalue weighted by atomic mass is 9.71. The molecule has 2 aliphatic carbocycles. The zero-order chi connectivity index (χ0) is 20.6. The first-order chi connectivity index (χ1) is 13.2. The predicted octanol–water partition coefficient (Wildman–Crippen LogP) is 5.07. The second-order valence-electron chi connectivity index (χ2n) is 7.07. The van der Waals surface area contributed by atoms with Crippen molar-refractivity contribution in [2.24, 2.45) is 5.41 Å². The number of halogens is 2. The van der Waals surface area contributed by atoms with E-state index in [1.807, 2.05) is 0 Å². The number of rotatable bonds is 5. The van der Waals surface area contributed by atoms with Crippen LogP contribution in [0.1, 0.15) is 50.7 Å². The van der Waals surface area contributed by atoms with Gasteiger partial charge < -0.3 is 14.6 Å². The number of carbonyl (C=O) groups is 3. The fraction of sp³-hybridized carbons (Fsp3) is 0.450. The Morgan fingerprint density at radius 3 is 2.61 bits per heavy atom. The summed E-state index contributed by atoms with van der Waals surface area (Å²) in [6.07, 6.45) is 1.82. The first-order valence-corrected chi connectivity index (χ1v) is 9.85. The normalized spacial score (nSPS) is 21.4. The summed E-state index contributed by atoms with van der Waals surface area (Å²) in [5.41, 5.74) is 2.41. The van der Waals surface area contributed by atoms with E-state index >= 15 is 0 Å². The quantitative estimate of drug-likeness (QED) is 0.521. The first kappa shape index (κ1) is 20.7. The van der Waals surface area contributed by atoms with Crippen molar-refractivity contribution < 1.29 is 29.0 Å². The molecule has 1 N–H and O–H groups in total. The molecule has 0 saturated heterocycles. The van der Waals surface area contributed by atoms with Crippen molar-refractivity contribution >= 4 is 46.7 Å². The number of carboxylic acid groups (broad SMARTS) is 1. The second-order valence-corrected chi connectivity index (χ2v) is 7.83. The van der Waals surface area contributed by atoms with Gasteiger partial charge in [-0.25, -0.2) is 9.59 Å². The summed E-state index contributed by atoms with van der Waals surface area (Å²) < 4.78 is 9.85. The van der Waals surface area contributed by atoms with E-state index < -0.39 is 18.2 Å². The molecule has 0 saturated carbocycles. The van der Waals surface area contributed by atoms with E-state index in [9.17, 15) is 14.4 Å². The summed E-state index contributed by atoms with van der Waals surface area (Å²) in [4.78, 5) is 34.5. The van der Waals surface area contributed by atoms with Crippen LogP contribution in [0.4, 0.5) is 4.79 Å². The van der Waals surface area contributed by atoms with Crippen molar-refractivity contribution in [3.8, 4) is 5.75 Å². The minimum Gasteiger partial charge on any atom is -0.477 e. The zero-order valence-corrected chi connectivity index (χ0v) is 17.0. The molecule has 2 atom stereocenters. The summed E-state index contributed by atoms with van der Waals surface area (Å²) in [5, 5.41) is 9.02. The van der Waals surface area contributed by atoms with Gasteiger partial charge in [0.2, 0.25) is 0 Å². The van der Waals surface area contributed by atoms with E-state index in [1.54, 1.807) is 19.1 Å². The number of allylic oxidation sites excluding steroid dienone is 2. The SMILES string of the molecule is CCC(Oc1cc2c(c(Cl)c1Cl)C1=CC(=O)CCC1(CC)C2)C(=O)OC(=O)O. The highest BCUT2D eigenvalue weighted by atomic mass is 35.5. The summed E-state index contributed by atoms with van der Waals surface area (Å²) in [6, 6.07) is 1.72. The second kappa shape index (κ2) is 7.76. The topological polar surface area (TPSA) is 89.9 Å². The Kier molecular flexibility index (Phi) is 5.73. The van der Waals surface area contributed by atoms with Gasteiger partial charge in [0.1, 0.15) is 10.8 Å². The molecule has 0 spiro atoms. The Labute approximate surface area is 172 Å². The molecule has 0 fully saturated rings. The van der Waals surface area contributed by atoms with E-state index in [0.717, 1.165) is 29.5 Å². The molecule has 0 aliphatic heterocycles. The molecule has 6 nitrogen and oxygen atoms in total. The Hall–Kier alpha value is -2.05. The molecule has 2 unspecified atom stereocenters. The van der Waals surface area contributed by atoms with E-state index in [4.69, 9.17) is 33.0 Å². The third-order valence-electron chi connectivity index (χ3n) is 5.55. The van der Waals surface area contributed by atoms with Crippen LogP contribution in [0.2, 0.25) is 10.0 Å². The molecule has 0 heterocycles. The minimum atomic E-state index is -1.70. The van der Waals surface area contributed by atoms with Crippen LogP contribution in [-0.2, 0) is 20.7 Å². The molecular weight excluding hydrogens is 407 g/mol. The lowest BCUT2D eigenvalue weighted by Crippen LogP contribution is -2.30. The summed E-state index contributed by atoms with van der Waals surface area (Å²) >= 11 is 13.0. The van der Waals surface area contributed by atoms with Gasteiger partial charge in [0.25, 0.3) is 0 Å². The van der Waals surface area contributed by atoms with Crippen LogP contribution in [0.5, 0.6) is 5.75 Å². The molecule has 2 aliphatic rings. The molecule has 0 amide bonds. The monoisotopic (exact) mass is 426 g/mol. The summed E-state index contributed by atoms with van der Waals surface area (Å²) in [7, 11) is 0. The van der Waals surface area contributed by atoms with Crippen LogP contribution in [0.15, 0.2) is 12.1 Å². The van der Waals surface area contributed by atoms with E-state index in [1.165, 1.54) is 0 Å². The van der Waals surface area contributed by atoms with Crippen molar-refractivity contribution in [2.45, 2.75) is 52.1 Å². The summed E-state index contributed by atoms with van der Waals surface area (Å²) in [5.74, 6) is -0.756. The number of ether oxygens (including phenoxy) is 2. The smallest absolute Gasteiger partial charge is 0.477 e. The lowest BCUT2D eigenvalue weighted by molar-refractivity contribution is -0.147. The standard InChI is InChI=1S/C20H20Cl2O6/c1-3-13(18(24)28-19(25)26)27-14-7-10-9-20(4-2)6-5-11(23)8-12(20)15(10)17(22)16(14)21/h7-8,13H,3-6,9H2,1-2H3,(H,25,26). The number of fused-ring (bicyclic) bond motifs is 3. The fourth-order valence-corrected chi connectivity index (χ4v) is 4.54. The Bertz CT molecular complexity index is 891. The number of hydrogen-bond acceptors (Lipinski definition) is 5. The number of ketones is 1. The Morgan fingerprint density at radius 2 is 2.00 bits per heavy atom. The van der Waals surface area contributed by atoms with Gasteiger partial charge in [0.15, 0.2) is 11.9 Å². The fourth-order valence-electron chi connectivity index (χ4n) is 4.03. The van der Waals surface area contributed by atoms with Crippen LogP contribution in [-0.4, -0.2) is 29.1 Å². The molecule has 1 aromatic rings. The molecule has 3 rings (SSSR count). The summed E-state index contributed by atoms with van der Waals surface area (Å²) in [6.45, 7) is 3.74. The van der Waals surface area contributed by atoms with Crippen LogP contribution in [0, 0.1) is 5.41 Å². The van der Waals surface area contributed by atoms with Crippen LogP contribution < -0.4 is 4.74 Å². The highest BCUT2D eigenvalue weighted by Gasteiger charge is 2.45. The molecule has 8 heteroatoms. The molecule has 28 heavy (non-hydrogen) atoms. The highest BCUT2D eigenvalue weighted by Crippen LogP contribution is 2.57. The number of carbonyl (C=O) groups excluding carboxylic acids is 2. The third-order valence-corrected chi connectivity index (χ3v) is 6.40. The maximum Gasteiger partial charge on any atom is 0.513 e. The van der Waals surface area contributed by atoms with Gasteiger partial charge in [-0.2, -0.15) is 0 Å². The van der Waals surface area contributed by atoms with Gasteiger partial charge >= 0.3 is 12.1 Å². The maximum atomic E-state index is 12.0.